The maximum Gasteiger partial charge on any atom is 0.256 e. The maximum atomic E-state index is 13.8. The number of thiocarbonyl (C=S) groups is 1. The van der Waals surface area contributed by atoms with Crippen LogP contribution in [-0.2, 0) is 0 Å². The summed E-state index contributed by atoms with van der Waals surface area (Å²) in [6, 6.07) is 4.16. The summed E-state index contributed by atoms with van der Waals surface area (Å²) in [7, 11) is 1.44. The Balaban J connectivity index is 2.88. The molecule has 0 radical (unpaired) electrons. The van der Waals surface area contributed by atoms with Crippen LogP contribution < -0.4 is 10.5 Å². The molecule has 0 aliphatic heterocycles. The highest BCUT2D eigenvalue weighted by Crippen LogP contribution is 2.17. The SMILES string of the molecule is CCN(CCC(N)=S)C(=O)c1ccc(OC)cc1F. The molecule has 0 spiro atoms. The summed E-state index contributed by atoms with van der Waals surface area (Å²) in [5.74, 6) is -0.600. The van der Waals surface area contributed by atoms with Crippen LogP contribution in [0.5, 0.6) is 5.75 Å². The third-order valence-electron chi connectivity index (χ3n) is 2.70. The molecule has 0 fully saturated rings. The Labute approximate surface area is 117 Å². The molecule has 0 saturated carbocycles. The molecular formula is C13H17FN2O2S. The van der Waals surface area contributed by atoms with Crippen LogP contribution in [0, 0.1) is 5.82 Å². The Morgan fingerprint density at radius 1 is 1.53 bits per heavy atom. The number of amides is 1. The van der Waals surface area contributed by atoms with Gasteiger partial charge in [0, 0.05) is 25.6 Å². The predicted molar refractivity (Wildman–Crippen MR) is 75.9 cm³/mol. The maximum absolute atomic E-state index is 13.8. The molecule has 4 nitrogen and oxygen atoms in total. The zero-order chi connectivity index (χ0) is 14.4. The molecule has 0 bridgehead atoms. The quantitative estimate of drug-likeness (QED) is 0.812. The fraction of sp³-hybridized carbons (Fsp3) is 0.385. The average Bonchev–Trinajstić information content (AvgIpc) is 2.38. The number of methoxy groups -OCH3 is 1. The lowest BCUT2D eigenvalue weighted by atomic mass is 10.1. The van der Waals surface area contributed by atoms with Crippen LogP contribution in [0.25, 0.3) is 0 Å². The van der Waals surface area contributed by atoms with Gasteiger partial charge in [-0.15, -0.1) is 0 Å². The highest BCUT2D eigenvalue weighted by Gasteiger charge is 2.18. The Bertz CT molecular complexity index is 480. The molecule has 1 aromatic carbocycles. The van der Waals surface area contributed by atoms with Crippen LogP contribution in [0.15, 0.2) is 18.2 Å². The van der Waals surface area contributed by atoms with E-state index in [1.165, 1.54) is 24.1 Å². The van der Waals surface area contributed by atoms with Gasteiger partial charge in [0.2, 0.25) is 0 Å². The van der Waals surface area contributed by atoms with Gasteiger partial charge in [0.25, 0.3) is 5.91 Å². The normalized spacial score (nSPS) is 10.1. The average molecular weight is 284 g/mol. The first kappa shape index (κ1) is 15.4. The molecule has 1 aromatic rings. The summed E-state index contributed by atoms with van der Waals surface area (Å²) in [6.45, 7) is 2.67. The van der Waals surface area contributed by atoms with E-state index in [1.807, 2.05) is 6.92 Å². The molecule has 19 heavy (non-hydrogen) atoms. The number of benzene rings is 1. The van der Waals surface area contributed by atoms with Gasteiger partial charge in [0.1, 0.15) is 11.6 Å². The molecule has 0 heterocycles. The van der Waals surface area contributed by atoms with E-state index in [2.05, 4.69) is 0 Å². The van der Waals surface area contributed by atoms with Crippen molar-refractivity contribution in [2.24, 2.45) is 5.73 Å². The summed E-state index contributed by atoms with van der Waals surface area (Å²) in [6.07, 6.45) is 0.423. The lowest BCUT2D eigenvalue weighted by Gasteiger charge is -2.21. The van der Waals surface area contributed by atoms with Gasteiger partial charge >= 0.3 is 0 Å². The minimum absolute atomic E-state index is 0.0191. The Morgan fingerprint density at radius 3 is 2.68 bits per heavy atom. The third kappa shape index (κ3) is 4.17. The molecule has 1 amide bonds. The van der Waals surface area contributed by atoms with Gasteiger partial charge in [-0.3, -0.25) is 4.79 Å². The molecule has 2 N–H and O–H groups in total. The predicted octanol–water partition coefficient (Wildman–Crippen LogP) is 1.97. The molecule has 0 unspecified atom stereocenters. The van der Waals surface area contributed by atoms with Gasteiger partial charge in [-0.2, -0.15) is 0 Å². The highest BCUT2D eigenvalue weighted by molar-refractivity contribution is 7.80. The number of nitrogens with zero attached hydrogens (tertiary/aromatic N) is 1. The van der Waals surface area contributed by atoms with Gasteiger partial charge in [-0.05, 0) is 19.1 Å². The van der Waals surface area contributed by atoms with Crippen molar-refractivity contribution < 1.29 is 13.9 Å². The minimum atomic E-state index is -0.599. The van der Waals surface area contributed by atoms with Gasteiger partial charge in [0.15, 0.2) is 0 Å². The first-order chi connectivity index (χ1) is 8.99. The number of ether oxygens (including phenoxy) is 1. The van der Waals surface area contributed by atoms with Crippen molar-refractivity contribution in [2.45, 2.75) is 13.3 Å². The molecule has 0 aromatic heterocycles. The van der Waals surface area contributed by atoms with Crippen molar-refractivity contribution in [1.82, 2.24) is 4.90 Å². The van der Waals surface area contributed by atoms with Crippen LogP contribution in [0.4, 0.5) is 4.39 Å². The lowest BCUT2D eigenvalue weighted by Crippen LogP contribution is -2.34. The second kappa shape index (κ2) is 7.04. The largest absolute Gasteiger partial charge is 0.497 e. The topological polar surface area (TPSA) is 55.6 Å². The van der Waals surface area contributed by atoms with Crippen molar-refractivity contribution in [3.63, 3.8) is 0 Å². The van der Waals surface area contributed by atoms with Crippen molar-refractivity contribution in [3.05, 3.63) is 29.6 Å². The number of hydrogen-bond donors (Lipinski definition) is 1. The first-order valence-corrected chi connectivity index (χ1v) is 6.31. The smallest absolute Gasteiger partial charge is 0.256 e. The summed E-state index contributed by atoms with van der Waals surface area (Å²) < 4.78 is 18.7. The lowest BCUT2D eigenvalue weighted by molar-refractivity contribution is 0.0764. The van der Waals surface area contributed by atoms with E-state index in [0.717, 1.165) is 0 Å². The third-order valence-corrected chi connectivity index (χ3v) is 2.91. The Hall–Kier alpha value is -1.69. The second-order valence-corrected chi connectivity index (χ2v) is 4.47. The van der Waals surface area contributed by atoms with E-state index in [0.29, 0.717) is 30.2 Å². The van der Waals surface area contributed by atoms with E-state index in [-0.39, 0.29) is 11.5 Å². The Morgan fingerprint density at radius 2 is 2.21 bits per heavy atom. The van der Waals surface area contributed by atoms with E-state index in [1.54, 1.807) is 6.07 Å². The number of rotatable bonds is 6. The standard InChI is InChI=1S/C13H17FN2O2S/c1-3-16(7-6-12(15)19)13(17)10-5-4-9(18-2)8-11(10)14/h4-5,8H,3,6-7H2,1-2H3,(H2,15,19). The van der Waals surface area contributed by atoms with Gasteiger partial charge < -0.3 is 15.4 Å². The van der Waals surface area contributed by atoms with Crippen LogP contribution >= 0.6 is 12.2 Å². The van der Waals surface area contributed by atoms with Gasteiger partial charge in [0.05, 0.1) is 17.7 Å². The van der Waals surface area contributed by atoms with Gasteiger partial charge in [-0.1, -0.05) is 12.2 Å². The zero-order valence-electron chi connectivity index (χ0n) is 11.0. The number of halogens is 1. The van der Waals surface area contributed by atoms with E-state index in [9.17, 15) is 9.18 Å². The zero-order valence-corrected chi connectivity index (χ0v) is 11.8. The summed E-state index contributed by atoms with van der Waals surface area (Å²) in [5.41, 5.74) is 5.42. The Kier molecular flexibility index (Phi) is 5.69. The molecule has 1 rings (SSSR count). The van der Waals surface area contributed by atoms with Crippen molar-refractivity contribution >= 4 is 23.1 Å². The van der Waals surface area contributed by atoms with Crippen LogP contribution in [0.2, 0.25) is 0 Å². The summed E-state index contributed by atoms with van der Waals surface area (Å²) in [5, 5.41) is 0. The van der Waals surface area contributed by atoms with E-state index >= 15 is 0 Å². The first-order valence-electron chi connectivity index (χ1n) is 5.90. The molecular weight excluding hydrogens is 267 g/mol. The van der Waals surface area contributed by atoms with Crippen LogP contribution in [-0.4, -0.2) is 36.0 Å². The second-order valence-electron chi connectivity index (χ2n) is 3.95. The molecule has 0 aliphatic rings. The minimum Gasteiger partial charge on any atom is -0.497 e. The molecule has 0 saturated heterocycles. The van der Waals surface area contributed by atoms with Gasteiger partial charge in [-0.25, -0.2) is 4.39 Å². The number of hydrogen-bond acceptors (Lipinski definition) is 3. The van der Waals surface area contributed by atoms with Crippen molar-refractivity contribution in [2.75, 3.05) is 20.2 Å². The van der Waals surface area contributed by atoms with E-state index in [4.69, 9.17) is 22.7 Å². The molecule has 104 valence electrons. The highest BCUT2D eigenvalue weighted by atomic mass is 32.1. The fourth-order valence-electron chi connectivity index (χ4n) is 1.62. The molecule has 0 atom stereocenters. The molecule has 6 heteroatoms. The van der Waals surface area contributed by atoms with Crippen LogP contribution in [0.3, 0.4) is 0 Å². The van der Waals surface area contributed by atoms with Crippen LogP contribution in [0.1, 0.15) is 23.7 Å². The van der Waals surface area contributed by atoms with E-state index < -0.39 is 5.82 Å². The molecule has 0 aliphatic carbocycles. The van der Waals surface area contributed by atoms with Crippen molar-refractivity contribution in [1.29, 1.82) is 0 Å². The monoisotopic (exact) mass is 284 g/mol. The summed E-state index contributed by atoms with van der Waals surface area (Å²) >= 11 is 4.77. The number of carbonyl (C=O) groups excluding carboxylic acids is 1. The van der Waals surface area contributed by atoms with Crippen molar-refractivity contribution in [3.8, 4) is 5.75 Å². The fourth-order valence-corrected chi connectivity index (χ4v) is 1.71. The number of nitrogens with two attached hydrogens (primary N) is 1. The summed E-state index contributed by atoms with van der Waals surface area (Å²) in [4.78, 5) is 14.0. The number of carbonyl (C=O) groups is 1.